The van der Waals surface area contributed by atoms with Crippen LogP contribution in [0.15, 0.2) is 60.9 Å². The summed E-state index contributed by atoms with van der Waals surface area (Å²) in [6, 6.07) is 13.2. The van der Waals surface area contributed by atoms with Crippen molar-refractivity contribution in [2.75, 3.05) is 18.5 Å². The topological polar surface area (TPSA) is 127 Å². The number of pyridine rings is 2. The maximum absolute atomic E-state index is 12.2. The van der Waals surface area contributed by atoms with Crippen molar-refractivity contribution in [1.29, 1.82) is 0 Å². The zero-order valence-electron chi connectivity index (χ0n) is 21.1. The Morgan fingerprint density at radius 1 is 1.11 bits per heavy atom. The highest BCUT2D eigenvalue weighted by molar-refractivity contribution is 7.22. The second-order valence-corrected chi connectivity index (χ2v) is 9.61. The number of carbonyl (C=O) groups excluding carboxylic acids is 2. The van der Waals surface area contributed by atoms with Crippen LogP contribution in [0.25, 0.3) is 38.3 Å². The summed E-state index contributed by atoms with van der Waals surface area (Å²) in [4.78, 5) is 43.6. The molecule has 1 atom stereocenters. The molecule has 4 aromatic rings. The summed E-state index contributed by atoms with van der Waals surface area (Å²) in [6.07, 6.45) is 5.16. The summed E-state index contributed by atoms with van der Waals surface area (Å²) in [6.45, 7) is 6.02. The van der Waals surface area contributed by atoms with E-state index in [1.807, 2.05) is 49.4 Å². The molecular weight excluding hydrogens is 504 g/mol. The van der Waals surface area contributed by atoms with E-state index in [0.29, 0.717) is 23.1 Å². The number of hydrogen-bond acceptors (Lipinski definition) is 9. The lowest BCUT2D eigenvalue weighted by atomic mass is 10.0. The van der Waals surface area contributed by atoms with Crippen molar-refractivity contribution in [3.8, 4) is 22.4 Å². The molecule has 11 heteroatoms. The molecule has 0 spiro atoms. The number of ether oxygens (including phenoxy) is 1. The van der Waals surface area contributed by atoms with Gasteiger partial charge in [0.2, 0.25) is 5.60 Å². The van der Waals surface area contributed by atoms with Crippen LogP contribution in [0.1, 0.15) is 26.5 Å². The van der Waals surface area contributed by atoms with E-state index in [9.17, 15) is 9.59 Å². The molecule has 0 saturated heterocycles. The van der Waals surface area contributed by atoms with Crippen molar-refractivity contribution in [3.05, 3.63) is 66.6 Å². The number of thiazole rings is 1. The Kier molecular flexibility index (Phi) is 7.03. The summed E-state index contributed by atoms with van der Waals surface area (Å²) >= 11 is 1.40. The van der Waals surface area contributed by atoms with E-state index < -0.39 is 11.6 Å². The van der Waals surface area contributed by atoms with Gasteiger partial charge in [-0.25, -0.2) is 14.6 Å². The normalized spacial score (nSPS) is 16.6. The third kappa shape index (κ3) is 5.06. The van der Waals surface area contributed by atoms with E-state index in [4.69, 9.17) is 9.57 Å². The first-order valence-electron chi connectivity index (χ1n) is 12.1. The Bertz CT molecular complexity index is 1520. The van der Waals surface area contributed by atoms with Gasteiger partial charge in [-0.1, -0.05) is 23.5 Å². The largest absolute Gasteiger partial charge is 0.464 e. The molecule has 10 nitrogen and oxygen atoms in total. The fourth-order valence-electron chi connectivity index (χ4n) is 3.99. The van der Waals surface area contributed by atoms with E-state index >= 15 is 0 Å². The summed E-state index contributed by atoms with van der Waals surface area (Å²) in [5, 5.41) is 6.02. The van der Waals surface area contributed by atoms with Crippen molar-refractivity contribution < 1.29 is 19.2 Å². The van der Waals surface area contributed by atoms with E-state index in [1.165, 1.54) is 11.3 Å². The van der Waals surface area contributed by atoms with Crippen LogP contribution >= 0.6 is 11.3 Å². The van der Waals surface area contributed by atoms with Gasteiger partial charge in [-0.3, -0.25) is 25.6 Å². The highest BCUT2D eigenvalue weighted by Gasteiger charge is 2.40. The number of nitrogens with one attached hydrogen (secondary N) is 3. The molecule has 3 aromatic heterocycles. The molecule has 0 radical (unpaired) electrons. The molecule has 0 saturated carbocycles. The fourth-order valence-corrected chi connectivity index (χ4v) is 4.95. The van der Waals surface area contributed by atoms with Gasteiger partial charge in [0.15, 0.2) is 5.13 Å². The standard InChI is InChI=1S/C27H26N6O4S/c1-4-28-25(35)32-26-31-21-13-17(12-18(23(21)38-26)19-8-6-7-11-29-19)16-9-10-20(30-15-16)22-14-27(3,37-33-22)24(34)36-5-2/h6-15,33H,4-5H2,1-3H3,(H2,28,31,32,35). The quantitative estimate of drug-likeness (QED) is 0.292. The van der Waals surface area contributed by atoms with Crippen LogP contribution in [0.4, 0.5) is 9.93 Å². The van der Waals surface area contributed by atoms with Crippen molar-refractivity contribution in [2.45, 2.75) is 26.4 Å². The Morgan fingerprint density at radius 2 is 1.97 bits per heavy atom. The lowest BCUT2D eigenvalue weighted by Gasteiger charge is -2.17. The minimum absolute atomic E-state index is 0.265. The molecule has 5 rings (SSSR count). The van der Waals surface area contributed by atoms with Crippen molar-refractivity contribution >= 4 is 44.4 Å². The number of amides is 2. The van der Waals surface area contributed by atoms with E-state index in [-0.39, 0.29) is 12.6 Å². The average molecular weight is 531 g/mol. The van der Waals surface area contributed by atoms with Gasteiger partial charge in [-0.2, -0.15) is 0 Å². The second kappa shape index (κ2) is 10.6. The average Bonchev–Trinajstić information content (AvgIpc) is 3.53. The number of aromatic nitrogens is 3. The van der Waals surface area contributed by atoms with Gasteiger partial charge < -0.3 is 10.1 Å². The minimum atomic E-state index is -1.22. The first-order valence-corrected chi connectivity index (χ1v) is 12.9. The lowest BCUT2D eigenvalue weighted by molar-refractivity contribution is -0.166. The first-order chi connectivity index (χ1) is 18.4. The number of benzene rings is 1. The van der Waals surface area contributed by atoms with E-state index in [2.05, 4.69) is 31.1 Å². The molecule has 1 aromatic carbocycles. The molecule has 38 heavy (non-hydrogen) atoms. The van der Waals surface area contributed by atoms with Crippen molar-refractivity contribution in [3.63, 3.8) is 0 Å². The Hall–Kier alpha value is -4.35. The molecule has 1 aliphatic rings. The predicted octanol–water partition coefficient (Wildman–Crippen LogP) is 4.76. The molecule has 0 aliphatic carbocycles. The highest BCUT2D eigenvalue weighted by Crippen LogP contribution is 2.38. The van der Waals surface area contributed by atoms with Crippen molar-refractivity contribution in [1.82, 2.24) is 25.7 Å². The molecule has 3 N–H and O–H groups in total. The zero-order chi connectivity index (χ0) is 26.7. The SMILES string of the molecule is CCNC(=O)Nc1nc2cc(-c3ccc(C4=CC(C)(C(=O)OCC)ON4)nc3)cc(-c3ccccn3)c2s1. The predicted molar refractivity (Wildman–Crippen MR) is 146 cm³/mol. The number of hydrogen-bond donors (Lipinski definition) is 3. The van der Waals surface area contributed by atoms with Gasteiger partial charge in [0, 0.05) is 30.1 Å². The Labute approximate surface area is 223 Å². The molecule has 0 bridgehead atoms. The van der Waals surface area contributed by atoms with Gasteiger partial charge in [-0.15, -0.1) is 0 Å². The first kappa shape index (κ1) is 25.3. The van der Waals surface area contributed by atoms with Crippen molar-refractivity contribution in [2.24, 2.45) is 0 Å². The van der Waals surface area contributed by atoms with E-state index in [0.717, 1.165) is 32.6 Å². The monoisotopic (exact) mass is 530 g/mol. The number of nitrogens with zero attached hydrogens (tertiary/aromatic N) is 3. The van der Waals surface area contributed by atoms with Gasteiger partial charge in [0.25, 0.3) is 0 Å². The Balaban J connectivity index is 1.50. The van der Waals surface area contributed by atoms with Crippen LogP contribution < -0.4 is 16.1 Å². The second-order valence-electron chi connectivity index (χ2n) is 8.61. The van der Waals surface area contributed by atoms with Crippen LogP contribution in [-0.4, -0.2) is 45.7 Å². The maximum atomic E-state index is 12.2. The van der Waals surface area contributed by atoms with Gasteiger partial charge in [0.1, 0.15) is 0 Å². The highest BCUT2D eigenvalue weighted by atomic mass is 32.1. The number of anilines is 1. The third-order valence-corrected chi connectivity index (χ3v) is 6.85. The Morgan fingerprint density at radius 3 is 2.68 bits per heavy atom. The zero-order valence-corrected chi connectivity index (χ0v) is 21.9. The minimum Gasteiger partial charge on any atom is -0.464 e. The van der Waals surface area contributed by atoms with Gasteiger partial charge in [0.05, 0.1) is 33.9 Å². The fraction of sp³-hybridized carbons (Fsp3) is 0.222. The summed E-state index contributed by atoms with van der Waals surface area (Å²) < 4.78 is 6.02. The van der Waals surface area contributed by atoms with Crippen LogP contribution in [0.5, 0.6) is 0 Å². The van der Waals surface area contributed by atoms with E-state index in [1.54, 1.807) is 32.3 Å². The summed E-state index contributed by atoms with van der Waals surface area (Å²) in [5.74, 6) is -0.473. The number of fused-ring (bicyclic) bond motifs is 1. The van der Waals surface area contributed by atoms with Crippen LogP contribution in [0, 0.1) is 0 Å². The molecule has 1 aliphatic heterocycles. The number of rotatable bonds is 7. The van der Waals surface area contributed by atoms with Crippen LogP contribution in [0.2, 0.25) is 0 Å². The molecule has 4 heterocycles. The molecule has 0 fully saturated rings. The molecular formula is C27H26N6O4S. The third-order valence-electron chi connectivity index (χ3n) is 5.83. The van der Waals surface area contributed by atoms with Crippen LogP contribution in [0.3, 0.4) is 0 Å². The number of hydroxylamine groups is 1. The smallest absolute Gasteiger partial charge is 0.345 e. The number of esters is 1. The van der Waals surface area contributed by atoms with Crippen LogP contribution in [-0.2, 0) is 14.4 Å². The summed E-state index contributed by atoms with van der Waals surface area (Å²) in [5.41, 5.74) is 6.97. The van der Waals surface area contributed by atoms with Gasteiger partial charge in [-0.05, 0) is 62.7 Å². The van der Waals surface area contributed by atoms with Gasteiger partial charge >= 0.3 is 12.0 Å². The summed E-state index contributed by atoms with van der Waals surface area (Å²) in [7, 11) is 0. The lowest BCUT2D eigenvalue weighted by Crippen LogP contribution is -2.37. The number of urea groups is 1. The molecule has 1 unspecified atom stereocenters. The maximum Gasteiger partial charge on any atom is 0.345 e. The number of carbonyl (C=O) groups is 2. The molecule has 194 valence electrons. The molecule has 2 amide bonds.